The van der Waals surface area contributed by atoms with E-state index in [1.807, 2.05) is 13.8 Å². The number of carbonyl (C=O) groups is 1. The van der Waals surface area contributed by atoms with Crippen LogP contribution in [0.5, 0.6) is 0 Å². The summed E-state index contributed by atoms with van der Waals surface area (Å²) in [4.78, 5) is 10.4. The van der Waals surface area contributed by atoms with Crippen LogP contribution in [0.15, 0.2) is 0 Å². The van der Waals surface area contributed by atoms with Crippen molar-refractivity contribution in [2.75, 3.05) is 0 Å². The van der Waals surface area contributed by atoms with Crippen molar-refractivity contribution in [3.63, 3.8) is 0 Å². The third kappa shape index (κ3) is 7.72. The standard InChI is InChI=1S/C5H12N2O.ClH/c1-4(2)3-5(8)7-6;/h4H,3,6H2,1-2H3,(H,7,8);1H. The van der Waals surface area contributed by atoms with Gasteiger partial charge in [0.1, 0.15) is 0 Å². The third-order valence-electron chi connectivity index (χ3n) is 0.755. The Balaban J connectivity index is 0. The molecule has 0 unspecified atom stereocenters. The molecule has 3 N–H and O–H groups in total. The van der Waals surface area contributed by atoms with Crippen molar-refractivity contribution in [3.05, 3.63) is 0 Å². The van der Waals surface area contributed by atoms with Crippen molar-refractivity contribution in [1.82, 2.24) is 5.43 Å². The monoisotopic (exact) mass is 152 g/mol. The number of rotatable bonds is 2. The first-order valence-corrected chi connectivity index (χ1v) is 2.66. The maximum absolute atomic E-state index is 10.4. The maximum Gasteiger partial charge on any atom is 0.234 e. The topological polar surface area (TPSA) is 55.1 Å². The van der Waals surface area contributed by atoms with E-state index in [-0.39, 0.29) is 18.3 Å². The molecule has 0 aliphatic heterocycles. The minimum Gasteiger partial charge on any atom is -0.294 e. The molecule has 0 bridgehead atoms. The van der Waals surface area contributed by atoms with Crippen LogP contribution in [-0.4, -0.2) is 5.91 Å². The third-order valence-corrected chi connectivity index (χ3v) is 0.755. The minimum atomic E-state index is -0.0972. The molecule has 56 valence electrons. The second kappa shape index (κ2) is 5.85. The zero-order valence-electron chi connectivity index (χ0n) is 5.68. The van der Waals surface area contributed by atoms with Crippen LogP contribution in [0, 0.1) is 5.92 Å². The smallest absolute Gasteiger partial charge is 0.234 e. The number of nitrogens with one attached hydrogen (secondary N) is 1. The number of hydrogen-bond donors (Lipinski definition) is 2. The van der Waals surface area contributed by atoms with E-state index < -0.39 is 0 Å². The lowest BCUT2D eigenvalue weighted by Gasteiger charge is -2.00. The van der Waals surface area contributed by atoms with Gasteiger partial charge >= 0.3 is 0 Å². The molecule has 1 amide bonds. The Bertz CT molecular complexity index is 85.0. The summed E-state index contributed by atoms with van der Waals surface area (Å²) >= 11 is 0. The molecule has 0 spiro atoms. The van der Waals surface area contributed by atoms with Gasteiger partial charge < -0.3 is 0 Å². The molecule has 0 radical (unpaired) electrons. The summed E-state index contributed by atoms with van der Waals surface area (Å²) in [6.45, 7) is 3.94. The summed E-state index contributed by atoms with van der Waals surface area (Å²) in [5, 5.41) is 0. The molecule has 0 aliphatic rings. The molecule has 0 atom stereocenters. The van der Waals surface area contributed by atoms with Gasteiger partial charge in [0, 0.05) is 6.42 Å². The van der Waals surface area contributed by atoms with E-state index in [1.54, 1.807) is 0 Å². The molecule has 0 fully saturated rings. The molecule has 4 heteroatoms. The highest BCUT2D eigenvalue weighted by Crippen LogP contribution is 1.96. The van der Waals surface area contributed by atoms with Gasteiger partial charge in [-0.15, -0.1) is 12.4 Å². The van der Waals surface area contributed by atoms with Crippen molar-refractivity contribution >= 4 is 18.3 Å². The van der Waals surface area contributed by atoms with Gasteiger partial charge in [0.15, 0.2) is 0 Å². The molecule has 3 nitrogen and oxygen atoms in total. The van der Waals surface area contributed by atoms with E-state index in [0.29, 0.717) is 12.3 Å². The predicted molar refractivity (Wildman–Crippen MR) is 39.0 cm³/mol. The SMILES string of the molecule is CC(C)CC(=O)NN.Cl. The summed E-state index contributed by atoms with van der Waals surface area (Å²) in [5.41, 5.74) is 2.06. The average Bonchev–Trinajstić information content (AvgIpc) is 1.65. The Morgan fingerprint density at radius 2 is 2.11 bits per heavy atom. The summed E-state index contributed by atoms with van der Waals surface area (Å²) < 4.78 is 0. The molecular formula is C5H13ClN2O. The Labute approximate surface area is 61.4 Å². The van der Waals surface area contributed by atoms with E-state index >= 15 is 0 Å². The number of hydrazine groups is 1. The van der Waals surface area contributed by atoms with Crippen molar-refractivity contribution < 1.29 is 4.79 Å². The molecule has 0 rings (SSSR count). The summed E-state index contributed by atoms with van der Waals surface area (Å²) in [6.07, 6.45) is 0.510. The molecule has 0 aromatic heterocycles. The second-order valence-corrected chi connectivity index (χ2v) is 2.17. The number of nitrogens with two attached hydrogens (primary N) is 1. The first kappa shape index (κ1) is 11.5. The number of halogens is 1. The first-order valence-electron chi connectivity index (χ1n) is 2.66. The summed E-state index contributed by atoms with van der Waals surface area (Å²) in [5.74, 6) is 5.11. The van der Waals surface area contributed by atoms with E-state index in [0.717, 1.165) is 0 Å². The van der Waals surface area contributed by atoms with Crippen molar-refractivity contribution in [2.24, 2.45) is 11.8 Å². The predicted octanol–water partition coefficient (Wildman–Crippen LogP) is 0.444. The van der Waals surface area contributed by atoms with Gasteiger partial charge in [-0.25, -0.2) is 5.84 Å². The van der Waals surface area contributed by atoms with Crippen molar-refractivity contribution in [2.45, 2.75) is 20.3 Å². The summed E-state index contributed by atoms with van der Waals surface area (Å²) in [6, 6.07) is 0. The van der Waals surface area contributed by atoms with Crippen LogP contribution < -0.4 is 11.3 Å². The van der Waals surface area contributed by atoms with E-state index in [9.17, 15) is 4.79 Å². The second-order valence-electron chi connectivity index (χ2n) is 2.17. The molecular weight excluding hydrogens is 140 g/mol. The Morgan fingerprint density at radius 3 is 2.22 bits per heavy atom. The first-order chi connectivity index (χ1) is 3.66. The molecule has 0 saturated carbocycles. The Hall–Kier alpha value is -0.280. The lowest BCUT2D eigenvalue weighted by molar-refractivity contribution is -0.121. The lowest BCUT2D eigenvalue weighted by atomic mass is 10.1. The van der Waals surface area contributed by atoms with Crippen LogP contribution >= 0.6 is 12.4 Å². The fraction of sp³-hybridized carbons (Fsp3) is 0.800. The van der Waals surface area contributed by atoms with Crippen LogP contribution in [0.2, 0.25) is 0 Å². The normalized spacial score (nSPS) is 8.44. The highest BCUT2D eigenvalue weighted by atomic mass is 35.5. The van der Waals surface area contributed by atoms with Gasteiger partial charge in [-0.1, -0.05) is 13.8 Å². The highest BCUT2D eigenvalue weighted by Gasteiger charge is 1.99. The van der Waals surface area contributed by atoms with E-state index in [4.69, 9.17) is 5.84 Å². The van der Waals surface area contributed by atoms with Crippen LogP contribution in [0.1, 0.15) is 20.3 Å². The number of carbonyl (C=O) groups excluding carboxylic acids is 1. The van der Waals surface area contributed by atoms with E-state index in [1.165, 1.54) is 0 Å². The van der Waals surface area contributed by atoms with Crippen molar-refractivity contribution in [1.29, 1.82) is 0 Å². The molecule has 0 aromatic carbocycles. The average molecular weight is 153 g/mol. The molecule has 0 saturated heterocycles. The zero-order valence-corrected chi connectivity index (χ0v) is 6.49. The summed E-state index contributed by atoms with van der Waals surface area (Å²) in [7, 11) is 0. The van der Waals surface area contributed by atoms with Crippen LogP contribution in [0.4, 0.5) is 0 Å². The maximum atomic E-state index is 10.4. The largest absolute Gasteiger partial charge is 0.294 e. The highest BCUT2D eigenvalue weighted by molar-refractivity contribution is 5.85. The Kier molecular flexibility index (Phi) is 7.48. The van der Waals surface area contributed by atoms with Gasteiger partial charge in [-0.05, 0) is 5.92 Å². The van der Waals surface area contributed by atoms with Crippen molar-refractivity contribution in [3.8, 4) is 0 Å². The fourth-order valence-corrected chi connectivity index (χ4v) is 0.430. The molecule has 9 heavy (non-hydrogen) atoms. The zero-order chi connectivity index (χ0) is 6.57. The molecule has 0 aromatic rings. The van der Waals surface area contributed by atoms with E-state index in [2.05, 4.69) is 5.43 Å². The van der Waals surface area contributed by atoms with Gasteiger partial charge in [0.25, 0.3) is 0 Å². The molecule has 0 aliphatic carbocycles. The van der Waals surface area contributed by atoms with Gasteiger partial charge in [-0.3, -0.25) is 10.2 Å². The fourth-order valence-electron chi connectivity index (χ4n) is 0.430. The Morgan fingerprint density at radius 1 is 1.67 bits per heavy atom. The lowest BCUT2D eigenvalue weighted by Crippen LogP contribution is -2.30. The van der Waals surface area contributed by atoms with Crippen LogP contribution in [-0.2, 0) is 4.79 Å². The quantitative estimate of drug-likeness (QED) is 0.343. The van der Waals surface area contributed by atoms with Gasteiger partial charge in [0.2, 0.25) is 5.91 Å². The number of amides is 1. The van der Waals surface area contributed by atoms with Crippen LogP contribution in [0.3, 0.4) is 0 Å². The van der Waals surface area contributed by atoms with Gasteiger partial charge in [0.05, 0.1) is 0 Å². The van der Waals surface area contributed by atoms with Gasteiger partial charge in [-0.2, -0.15) is 0 Å². The molecule has 0 heterocycles. The number of hydrogen-bond acceptors (Lipinski definition) is 2. The minimum absolute atomic E-state index is 0. The van der Waals surface area contributed by atoms with Crippen LogP contribution in [0.25, 0.3) is 0 Å².